The van der Waals surface area contributed by atoms with Crippen LogP contribution in [0.25, 0.3) is 0 Å². The molecule has 7 heteroatoms. The number of ether oxygens (including phenoxy) is 1. The molecule has 1 N–H and O–H groups in total. The van der Waals surface area contributed by atoms with Gasteiger partial charge in [-0.1, -0.05) is 24.3 Å². The summed E-state index contributed by atoms with van der Waals surface area (Å²) in [7, 11) is 1.74. The summed E-state index contributed by atoms with van der Waals surface area (Å²) in [4.78, 5) is 6.89. The molecule has 0 aromatic carbocycles. The van der Waals surface area contributed by atoms with Gasteiger partial charge in [-0.15, -0.1) is 10.2 Å². The smallest absolute Gasteiger partial charge is 0.147 e. The van der Waals surface area contributed by atoms with Crippen LogP contribution in [0.3, 0.4) is 0 Å². The molecule has 2 aromatic rings. The number of rotatable bonds is 10. The van der Waals surface area contributed by atoms with Gasteiger partial charge in [0.15, 0.2) is 0 Å². The number of aromatic nitrogens is 4. The molecule has 0 amide bonds. The standard InChI is InChI=1S/C24H34N6O/c1-31-17-7-13-25-18-23-27-28-24(30(23)19-20-8-3-2-4-9-20)21-11-15-29(16-12-21)22-10-5-6-14-26-22/h3,5-6,8-10,14,21,25H,2,4,7,11-13,15-19H2,1H3. The number of hydrogen-bond acceptors (Lipinski definition) is 6. The fourth-order valence-electron chi connectivity index (χ4n) is 4.37. The first kappa shape index (κ1) is 21.7. The van der Waals surface area contributed by atoms with Gasteiger partial charge in [-0.05, 0) is 56.4 Å². The third-order valence-corrected chi connectivity index (χ3v) is 6.09. The molecule has 4 rings (SSSR count). The fraction of sp³-hybridized carbons (Fsp3) is 0.542. The van der Waals surface area contributed by atoms with Crippen molar-refractivity contribution in [3.8, 4) is 0 Å². The second-order valence-electron chi connectivity index (χ2n) is 8.29. The highest BCUT2D eigenvalue weighted by molar-refractivity contribution is 5.38. The van der Waals surface area contributed by atoms with Crippen molar-refractivity contribution in [1.29, 1.82) is 0 Å². The SMILES string of the molecule is COCCCNCc1nnc(C2CCN(c3ccccn3)CC2)n1CC1=CCCC=C1. The molecule has 1 saturated heterocycles. The molecule has 0 saturated carbocycles. The van der Waals surface area contributed by atoms with Crippen molar-refractivity contribution in [3.05, 3.63) is 59.8 Å². The van der Waals surface area contributed by atoms with Crippen LogP contribution in [0.4, 0.5) is 5.82 Å². The van der Waals surface area contributed by atoms with Gasteiger partial charge in [0.1, 0.15) is 17.5 Å². The lowest BCUT2D eigenvalue weighted by Gasteiger charge is -2.32. The average Bonchev–Trinajstić information content (AvgIpc) is 3.22. The highest BCUT2D eigenvalue weighted by atomic mass is 16.5. The summed E-state index contributed by atoms with van der Waals surface area (Å²) in [5, 5.41) is 12.8. The van der Waals surface area contributed by atoms with Gasteiger partial charge in [-0.3, -0.25) is 0 Å². The average molecular weight is 423 g/mol. The van der Waals surface area contributed by atoms with Crippen LogP contribution in [0, 0.1) is 0 Å². The number of allylic oxidation sites excluding steroid dienone is 4. The molecule has 1 aliphatic carbocycles. The summed E-state index contributed by atoms with van der Waals surface area (Å²) in [5.41, 5.74) is 1.36. The first-order valence-electron chi connectivity index (χ1n) is 11.5. The second kappa shape index (κ2) is 11.2. The lowest BCUT2D eigenvalue weighted by atomic mass is 9.95. The van der Waals surface area contributed by atoms with Crippen molar-refractivity contribution in [2.45, 2.75) is 51.1 Å². The van der Waals surface area contributed by atoms with Crippen molar-refractivity contribution in [2.24, 2.45) is 0 Å². The largest absolute Gasteiger partial charge is 0.385 e. The molecule has 166 valence electrons. The van der Waals surface area contributed by atoms with Crippen LogP contribution in [0.15, 0.2) is 48.2 Å². The third-order valence-electron chi connectivity index (χ3n) is 6.09. The van der Waals surface area contributed by atoms with Crippen molar-refractivity contribution in [2.75, 3.05) is 38.3 Å². The Morgan fingerprint density at radius 3 is 2.81 bits per heavy atom. The van der Waals surface area contributed by atoms with E-state index in [0.717, 1.165) is 88.9 Å². The summed E-state index contributed by atoms with van der Waals surface area (Å²) in [5.74, 6) is 3.66. The Balaban J connectivity index is 1.44. The molecule has 2 aromatic heterocycles. The Hall–Kier alpha value is -2.51. The summed E-state index contributed by atoms with van der Waals surface area (Å²) in [6.45, 7) is 5.29. The van der Waals surface area contributed by atoms with Gasteiger partial charge in [-0.2, -0.15) is 0 Å². The number of pyridine rings is 1. The molecule has 1 fully saturated rings. The zero-order valence-electron chi connectivity index (χ0n) is 18.5. The topological polar surface area (TPSA) is 68.1 Å². The van der Waals surface area contributed by atoms with Crippen LogP contribution in [-0.4, -0.2) is 53.1 Å². The maximum Gasteiger partial charge on any atom is 0.147 e. The fourth-order valence-corrected chi connectivity index (χ4v) is 4.37. The van der Waals surface area contributed by atoms with E-state index in [1.54, 1.807) is 7.11 Å². The van der Waals surface area contributed by atoms with Crippen LogP contribution >= 0.6 is 0 Å². The predicted octanol–water partition coefficient (Wildman–Crippen LogP) is 3.46. The Labute approximate surface area is 185 Å². The third kappa shape index (κ3) is 5.80. The zero-order chi connectivity index (χ0) is 21.3. The van der Waals surface area contributed by atoms with Gasteiger partial charge >= 0.3 is 0 Å². The normalized spacial score (nSPS) is 17.2. The maximum atomic E-state index is 5.15. The van der Waals surface area contributed by atoms with Crippen LogP contribution < -0.4 is 10.2 Å². The number of piperidine rings is 1. The molecule has 7 nitrogen and oxygen atoms in total. The molecule has 0 radical (unpaired) electrons. The molecule has 2 aliphatic rings. The van der Waals surface area contributed by atoms with E-state index in [-0.39, 0.29) is 0 Å². The molecule has 1 aliphatic heterocycles. The molecule has 0 unspecified atom stereocenters. The van der Waals surface area contributed by atoms with E-state index in [1.165, 1.54) is 5.57 Å². The number of nitrogens with one attached hydrogen (secondary N) is 1. The van der Waals surface area contributed by atoms with Crippen molar-refractivity contribution in [1.82, 2.24) is 25.1 Å². The highest BCUT2D eigenvalue weighted by Crippen LogP contribution is 2.30. The predicted molar refractivity (Wildman–Crippen MR) is 123 cm³/mol. The van der Waals surface area contributed by atoms with Gasteiger partial charge in [0.25, 0.3) is 0 Å². The molecule has 3 heterocycles. The zero-order valence-corrected chi connectivity index (χ0v) is 18.5. The summed E-state index contributed by atoms with van der Waals surface area (Å²) >= 11 is 0. The second-order valence-corrected chi connectivity index (χ2v) is 8.29. The van der Waals surface area contributed by atoms with E-state index in [2.05, 4.69) is 60.3 Å². The summed E-state index contributed by atoms with van der Waals surface area (Å²) < 4.78 is 7.50. The number of methoxy groups -OCH3 is 1. The summed E-state index contributed by atoms with van der Waals surface area (Å²) in [6, 6.07) is 6.12. The first-order valence-corrected chi connectivity index (χ1v) is 11.5. The van der Waals surface area contributed by atoms with E-state index >= 15 is 0 Å². The minimum Gasteiger partial charge on any atom is -0.385 e. The molecular weight excluding hydrogens is 388 g/mol. The lowest BCUT2D eigenvalue weighted by molar-refractivity contribution is 0.194. The van der Waals surface area contributed by atoms with E-state index < -0.39 is 0 Å². The molecule has 31 heavy (non-hydrogen) atoms. The maximum absolute atomic E-state index is 5.15. The Bertz CT molecular complexity index is 867. The van der Waals surface area contributed by atoms with Crippen LogP contribution in [0.1, 0.15) is 49.7 Å². The van der Waals surface area contributed by atoms with Crippen molar-refractivity contribution >= 4 is 5.82 Å². The van der Waals surface area contributed by atoms with Gasteiger partial charge in [0.2, 0.25) is 0 Å². The molecule has 0 spiro atoms. The quantitative estimate of drug-likeness (QED) is 0.592. The number of hydrogen-bond donors (Lipinski definition) is 1. The monoisotopic (exact) mass is 422 g/mol. The Morgan fingerprint density at radius 1 is 1.16 bits per heavy atom. The van der Waals surface area contributed by atoms with E-state index in [9.17, 15) is 0 Å². The van der Waals surface area contributed by atoms with Crippen LogP contribution in [0.5, 0.6) is 0 Å². The lowest BCUT2D eigenvalue weighted by Crippen LogP contribution is -2.34. The van der Waals surface area contributed by atoms with E-state index in [0.29, 0.717) is 5.92 Å². The van der Waals surface area contributed by atoms with Crippen LogP contribution in [0.2, 0.25) is 0 Å². The minimum absolute atomic E-state index is 0.433. The van der Waals surface area contributed by atoms with E-state index in [1.807, 2.05) is 12.3 Å². The summed E-state index contributed by atoms with van der Waals surface area (Å²) in [6.07, 6.45) is 14.2. The van der Waals surface area contributed by atoms with Gasteiger partial charge < -0.3 is 19.5 Å². The molecule has 0 bridgehead atoms. The van der Waals surface area contributed by atoms with Crippen LogP contribution in [-0.2, 0) is 17.8 Å². The van der Waals surface area contributed by atoms with Gasteiger partial charge in [0.05, 0.1) is 13.1 Å². The number of nitrogens with zero attached hydrogens (tertiary/aromatic N) is 5. The highest BCUT2D eigenvalue weighted by Gasteiger charge is 2.27. The van der Waals surface area contributed by atoms with E-state index in [4.69, 9.17) is 4.74 Å². The molecule has 0 atom stereocenters. The van der Waals surface area contributed by atoms with Gasteiger partial charge in [-0.25, -0.2) is 4.98 Å². The van der Waals surface area contributed by atoms with Crippen molar-refractivity contribution < 1.29 is 4.74 Å². The Kier molecular flexibility index (Phi) is 7.85. The van der Waals surface area contributed by atoms with Crippen molar-refractivity contribution in [3.63, 3.8) is 0 Å². The molecular formula is C24H34N6O. The first-order chi connectivity index (χ1) is 15.3. The number of anilines is 1. The Morgan fingerprint density at radius 2 is 2.06 bits per heavy atom. The minimum atomic E-state index is 0.433. The van der Waals surface area contributed by atoms with Gasteiger partial charge in [0, 0.05) is 38.9 Å².